The van der Waals surface area contributed by atoms with Gasteiger partial charge in [0, 0.05) is 36.5 Å². The largest absolute Gasteiger partial charge is 0.360 e. The summed E-state index contributed by atoms with van der Waals surface area (Å²) in [4.78, 5) is 26.3. The van der Waals surface area contributed by atoms with E-state index in [-0.39, 0.29) is 29.5 Å². The molecule has 138 valence electrons. The molecule has 3 rings (SSSR count). The molecule has 2 amide bonds. The number of nitrogens with one attached hydrogen (secondary N) is 1. The number of amides is 2. The molecule has 1 aliphatic heterocycles. The first-order valence-corrected chi connectivity index (χ1v) is 9.10. The highest BCUT2D eigenvalue weighted by Gasteiger charge is 2.31. The van der Waals surface area contributed by atoms with Gasteiger partial charge in [-0.1, -0.05) is 42.7 Å². The molecule has 2 heterocycles. The van der Waals surface area contributed by atoms with Crippen molar-refractivity contribution in [1.82, 2.24) is 15.4 Å². The van der Waals surface area contributed by atoms with Crippen LogP contribution in [0.5, 0.6) is 0 Å². The molecule has 0 bridgehead atoms. The predicted molar refractivity (Wildman–Crippen MR) is 98.2 cm³/mol. The van der Waals surface area contributed by atoms with E-state index in [4.69, 9.17) is 16.1 Å². The van der Waals surface area contributed by atoms with Crippen LogP contribution in [0, 0.1) is 0 Å². The summed E-state index contributed by atoms with van der Waals surface area (Å²) in [6.45, 7) is 5.04. The van der Waals surface area contributed by atoms with Crippen LogP contribution >= 0.6 is 11.6 Å². The highest BCUT2D eigenvalue weighted by molar-refractivity contribution is 6.30. The summed E-state index contributed by atoms with van der Waals surface area (Å²) in [5, 5.41) is 7.36. The Morgan fingerprint density at radius 1 is 1.42 bits per heavy atom. The van der Waals surface area contributed by atoms with Crippen LogP contribution in [0.1, 0.15) is 48.0 Å². The van der Waals surface area contributed by atoms with Crippen molar-refractivity contribution in [1.29, 1.82) is 0 Å². The van der Waals surface area contributed by atoms with Gasteiger partial charge in [0.15, 0.2) is 5.69 Å². The molecule has 0 aliphatic carbocycles. The van der Waals surface area contributed by atoms with E-state index in [1.807, 2.05) is 38.1 Å². The second kappa shape index (κ2) is 7.91. The zero-order valence-electron chi connectivity index (χ0n) is 14.9. The number of nitrogens with zero attached hydrogens (tertiary/aromatic N) is 2. The number of halogens is 1. The number of carbonyl (C=O) groups excluding carboxylic acids is 2. The van der Waals surface area contributed by atoms with Gasteiger partial charge >= 0.3 is 0 Å². The van der Waals surface area contributed by atoms with Crippen LogP contribution in [0.3, 0.4) is 0 Å². The molecule has 0 saturated carbocycles. The predicted octanol–water partition coefficient (Wildman–Crippen LogP) is 3.02. The summed E-state index contributed by atoms with van der Waals surface area (Å²) < 4.78 is 5.15. The van der Waals surface area contributed by atoms with E-state index in [2.05, 4.69) is 10.5 Å². The smallest absolute Gasteiger partial charge is 0.273 e. The van der Waals surface area contributed by atoms with Crippen molar-refractivity contribution in [2.45, 2.75) is 38.6 Å². The summed E-state index contributed by atoms with van der Waals surface area (Å²) in [6.07, 6.45) is 1.03. The number of aromatic nitrogens is 1. The standard InChI is InChI=1S/C19H22ClN3O3/c1-12(2)17-10-16(22-26-17)19(25)21-15-9-18(24)23(11-15)7-6-13-4-3-5-14(20)8-13/h3-5,8,10,12,15H,6-7,9,11H2,1-2H3,(H,21,25)/t15-/m0/s1. The third-order valence-corrected chi connectivity index (χ3v) is 4.67. The minimum absolute atomic E-state index is 0.0420. The fraction of sp³-hybridized carbons (Fsp3) is 0.421. The first-order chi connectivity index (χ1) is 12.4. The van der Waals surface area contributed by atoms with Crippen molar-refractivity contribution in [2.75, 3.05) is 13.1 Å². The van der Waals surface area contributed by atoms with Gasteiger partial charge in [0.25, 0.3) is 5.91 Å². The summed E-state index contributed by atoms with van der Waals surface area (Å²) >= 11 is 5.99. The quantitative estimate of drug-likeness (QED) is 0.842. The van der Waals surface area contributed by atoms with Gasteiger partial charge in [0.1, 0.15) is 5.76 Å². The van der Waals surface area contributed by atoms with Crippen molar-refractivity contribution in [3.05, 3.63) is 52.4 Å². The average Bonchev–Trinajstić information content (AvgIpc) is 3.20. The van der Waals surface area contributed by atoms with Crippen molar-refractivity contribution in [3.63, 3.8) is 0 Å². The number of rotatable bonds is 6. The monoisotopic (exact) mass is 375 g/mol. The first kappa shape index (κ1) is 18.5. The maximum atomic E-state index is 12.3. The Morgan fingerprint density at radius 2 is 2.23 bits per heavy atom. The van der Waals surface area contributed by atoms with Crippen molar-refractivity contribution >= 4 is 23.4 Å². The molecule has 1 N–H and O–H groups in total. The fourth-order valence-electron chi connectivity index (χ4n) is 2.97. The average molecular weight is 376 g/mol. The summed E-state index contributed by atoms with van der Waals surface area (Å²) in [6, 6.07) is 9.05. The van der Waals surface area contributed by atoms with Gasteiger partial charge < -0.3 is 14.7 Å². The molecule has 6 nitrogen and oxygen atoms in total. The van der Waals surface area contributed by atoms with Crippen LogP contribution in [0.4, 0.5) is 0 Å². The van der Waals surface area contributed by atoms with E-state index >= 15 is 0 Å². The fourth-order valence-corrected chi connectivity index (χ4v) is 3.18. The van der Waals surface area contributed by atoms with Gasteiger partial charge in [0.2, 0.25) is 5.91 Å². The topological polar surface area (TPSA) is 75.4 Å². The normalized spacial score (nSPS) is 17.2. The Kier molecular flexibility index (Phi) is 5.61. The first-order valence-electron chi connectivity index (χ1n) is 8.72. The molecule has 0 spiro atoms. The Labute approximate surface area is 157 Å². The van der Waals surface area contributed by atoms with Crippen molar-refractivity contribution < 1.29 is 14.1 Å². The van der Waals surface area contributed by atoms with E-state index in [0.717, 1.165) is 12.0 Å². The van der Waals surface area contributed by atoms with E-state index in [1.54, 1.807) is 11.0 Å². The van der Waals surface area contributed by atoms with Gasteiger partial charge in [-0.3, -0.25) is 9.59 Å². The zero-order chi connectivity index (χ0) is 18.7. The van der Waals surface area contributed by atoms with Crippen LogP contribution in [-0.2, 0) is 11.2 Å². The van der Waals surface area contributed by atoms with Crippen molar-refractivity contribution in [3.8, 4) is 0 Å². The minimum Gasteiger partial charge on any atom is -0.360 e. The zero-order valence-corrected chi connectivity index (χ0v) is 15.6. The number of hydrogen-bond acceptors (Lipinski definition) is 4. The third kappa shape index (κ3) is 4.43. The Balaban J connectivity index is 1.53. The van der Waals surface area contributed by atoms with Gasteiger partial charge in [-0.05, 0) is 24.1 Å². The van der Waals surface area contributed by atoms with Gasteiger partial charge in [-0.25, -0.2) is 0 Å². The van der Waals surface area contributed by atoms with E-state index in [1.165, 1.54) is 0 Å². The van der Waals surface area contributed by atoms with Crippen LogP contribution in [-0.4, -0.2) is 41.0 Å². The molecule has 26 heavy (non-hydrogen) atoms. The van der Waals surface area contributed by atoms with Crippen LogP contribution in [0.25, 0.3) is 0 Å². The lowest BCUT2D eigenvalue weighted by Crippen LogP contribution is -2.37. The van der Waals surface area contributed by atoms with Gasteiger partial charge in [0.05, 0.1) is 6.04 Å². The maximum absolute atomic E-state index is 12.3. The van der Waals surface area contributed by atoms with Crippen LogP contribution in [0.2, 0.25) is 5.02 Å². The molecule has 1 aromatic heterocycles. The summed E-state index contributed by atoms with van der Waals surface area (Å²) in [7, 11) is 0. The Bertz CT molecular complexity index is 803. The highest BCUT2D eigenvalue weighted by atomic mass is 35.5. The van der Waals surface area contributed by atoms with E-state index < -0.39 is 0 Å². The SMILES string of the molecule is CC(C)c1cc(C(=O)N[C@H]2CC(=O)N(CCc3cccc(Cl)c3)C2)no1. The molecule has 0 radical (unpaired) electrons. The lowest BCUT2D eigenvalue weighted by molar-refractivity contribution is -0.127. The van der Waals surface area contributed by atoms with E-state index in [0.29, 0.717) is 30.3 Å². The second-order valence-corrected chi connectivity index (χ2v) is 7.30. The molecule has 1 saturated heterocycles. The van der Waals surface area contributed by atoms with Gasteiger partial charge in [-0.15, -0.1) is 0 Å². The lowest BCUT2D eigenvalue weighted by atomic mass is 10.1. The van der Waals surface area contributed by atoms with Crippen LogP contribution < -0.4 is 5.32 Å². The number of likely N-dealkylation sites (tertiary alicyclic amines) is 1. The van der Waals surface area contributed by atoms with Crippen LogP contribution in [0.15, 0.2) is 34.9 Å². The molecular formula is C19H22ClN3O3. The highest BCUT2D eigenvalue weighted by Crippen LogP contribution is 2.17. The molecule has 1 fully saturated rings. The number of carbonyl (C=O) groups is 2. The Morgan fingerprint density at radius 3 is 2.92 bits per heavy atom. The number of hydrogen-bond donors (Lipinski definition) is 1. The summed E-state index contributed by atoms with van der Waals surface area (Å²) in [5.74, 6) is 0.565. The van der Waals surface area contributed by atoms with Gasteiger partial charge in [-0.2, -0.15) is 0 Å². The molecule has 1 aliphatic rings. The molecular weight excluding hydrogens is 354 g/mol. The Hall–Kier alpha value is -2.34. The molecule has 7 heteroatoms. The lowest BCUT2D eigenvalue weighted by Gasteiger charge is -2.17. The van der Waals surface area contributed by atoms with Crippen molar-refractivity contribution in [2.24, 2.45) is 0 Å². The number of benzene rings is 1. The molecule has 1 aromatic carbocycles. The maximum Gasteiger partial charge on any atom is 0.273 e. The third-order valence-electron chi connectivity index (χ3n) is 4.44. The van der Waals surface area contributed by atoms with E-state index in [9.17, 15) is 9.59 Å². The minimum atomic E-state index is -0.310. The summed E-state index contributed by atoms with van der Waals surface area (Å²) in [5.41, 5.74) is 1.33. The second-order valence-electron chi connectivity index (χ2n) is 6.86. The molecule has 2 aromatic rings. The molecule has 0 unspecified atom stereocenters. The molecule has 1 atom stereocenters.